The summed E-state index contributed by atoms with van der Waals surface area (Å²) in [5, 5.41) is 12.9. The van der Waals surface area contributed by atoms with Gasteiger partial charge in [-0.1, -0.05) is 20.8 Å². The average molecular weight is 270 g/mol. The minimum Gasteiger partial charge on any atom is -0.297 e. The maximum Gasteiger partial charge on any atom is 0.225 e. The van der Waals surface area contributed by atoms with Gasteiger partial charge in [-0.3, -0.25) is 4.57 Å². The first-order valence-electron chi connectivity index (χ1n) is 5.50. The Hall–Kier alpha value is -0.870. The molecule has 0 aliphatic rings. The molecule has 3 nitrogen and oxygen atoms in total. The van der Waals surface area contributed by atoms with Crippen LogP contribution < -0.4 is 0 Å². The zero-order chi connectivity index (χ0) is 12.6. The Morgan fingerprint density at radius 3 is 2.53 bits per heavy atom. The summed E-state index contributed by atoms with van der Waals surface area (Å²) in [5.74, 6) is 0.924. The predicted octanol–water partition coefficient (Wildman–Crippen LogP) is 3.65. The Bertz CT molecular complexity index is 522. The van der Waals surface area contributed by atoms with Crippen LogP contribution >= 0.6 is 22.9 Å². The van der Waals surface area contributed by atoms with Crippen molar-refractivity contribution in [3.8, 4) is 0 Å². The van der Waals surface area contributed by atoms with Gasteiger partial charge in [-0.2, -0.15) is 11.3 Å². The van der Waals surface area contributed by atoms with E-state index in [0.717, 1.165) is 12.4 Å². The summed E-state index contributed by atoms with van der Waals surface area (Å²) in [7, 11) is 0. The predicted molar refractivity (Wildman–Crippen MR) is 71.9 cm³/mol. The average Bonchev–Trinajstić information content (AvgIpc) is 2.75. The van der Waals surface area contributed by atoms with E-state index in [4.69, 9.17) is 11.6 Å². The van der Waals surface area contributed by atoms with Gasteiger partial charge in [-0.25, -0.2) is 0 Å². The van der Waals surface area contributed by atoms with Gasteiger partial charge in [-0.15, -0.1) is 10.2 Å². The van der Waals surface area contributed by atoms with Crippen LogP contribution in [0.3, 0.4) is 0 Å². The van der Waals surface area contributed by atoms with Gasteiger partial charge in [0.1, 0.15) is 5.82 Å². The molecule has 2 aromatic rings. The van der Waals surface area contributed by atoms with E-state index >= 15 is 0 Å². The largest absolute Gasteiger partial charge is 0.297 e. The highest BCUT2D eigenvalue weighted by Gasteiger charge is 2.23. The Labute approximate surface area is 110 Å². The second kappa shape index (κ2) is 4.42. The van der Waals surface area contributed by atoms with Crippen molar-refractivity contribution in [3.63, 3.8) is 0 Å². The highest BCUT2D eigenvalue weighted by atomic mass is 35.5. The van der Waals surface area contributed by atoms with E-state index < -0.39 is 0 Å². The molecule has 92 valence electrons. The van der Waals surface area contributed by atoms with Gasteiger partial charge >= 0.3 is 0 Å². The molecule has 0 radical (unpaired) electrons. The van der Waals surface area contributed by atoms with E-state index in [1.54, 1.807) is 11.3 Å². The van der Waals surface area contributed by atoms with Crippen LogP contribution in [0, 0.1) is 6.92 Å². The summed E-state index contributed by atoms with van der Waals surface area (Å²) >= 11 is 7.82. The highest BCUT2D eigenvalue weighted by molar-refractivity contribution is 7.08. The van der Waals surface area contributed by atoms with Gasteiger partial charge in [0.25, 0.3) is 0 Å². The van der Waals surface area contributed by atoms with Crippen LogP contribution in [0.4, 0.5) is 0 Å². The Morgan fingerprint density at radius 2 is 2.00 bits per heavy atom. The zero-order valence-electron chi connectivity index (χ0n) is 10.5. The fraction of sp³-hybridized carbons (Fsp3) is 0.500. The van der Waals surface area contributed by atoms with E-state index in [0.29, 0.717) is 5.28 Å². The third kappa shape index (κ3) is 2.53. The third-order valence-electron chi connectivity index (χ3n) is 2.67. The maximum atomic E-state index is 6.11. The molecule has 0 aliphatic carbocycles. The van der Waals surface area contributed by atoms with Crippen LogP contribution in [0.15, 0.2) is 10.8 Å². The molecule has 2 heterocycles. The SMILES string of the molecule is Cc1cscc1Cn1c(Cl)nnc1C(C)(C)C. The van der Waals surface area contributed by atoms with Crippen molar-refractivity contribution in [2.45, 2.75) is 39.7 Å². The van der Waals surface area contributed by atoms with Crippen molar-refractivity contribution in [1.82, 2.24) is 14.8 Å². The van der Waals surface area contributed by atoms with E-state index in [9.17, 15) is 0 Å². The topological polar surface area (TPSA) is 30.7 Å². The monoisotopic (exact) mass is 269 g/mol. The molecule has 0 fully saturated rings. The number of rotatable bonds is 2. The molecule has 2 rings (SSSR count). The fourth-order valence-electron chi connectivity index (χ4n) is 1.70. The zero-order valence-corrected chi connectivity index (χ0v) is 12.1. The van der Waals surface area contributed by atoms with Crippen molar-refractivity contribution >= 4 is 22.9 Å². The summed E-state index contributed by atoms with van der Waals surface area (Å²) in [5.41, 5.74) is 2.52. The van der Waals surface area contributed by atoms with E-state index in [1.807, 2.05) is 4.57 Å². The molecule has 0 saturated heterocycles. The molecule has 2 aromatic heterocycles. The standard InChI is InChI=1S/C12H16ClN3S/c1-8-6-17-7-9(8)5-16-10(12(2,3)4)14-15-11(16)13/h6-7H,5H2,1-4H3. The summed E-state index contributed by atoms with van der Waals surface area (Å²) in [6.07, 6.45) is 0. The van der Waals surface area contributed by atoms with E-state index in [-0.39, 0.29) is 5.41 Å². The minimum atomic E-state index is -0.0515. The summed E-state index contributed by atoms with van der Waals surface area (Å²) in [4.78, 5) is 0. The van der Waals surface area contributed by atoms with Crippen molar-refractivity contribution < 1.29 is 0 Å². The number of halogens is 1. The quantitative estimate of drug-likeness (QED) is 0.833. The number of nitrogens with zero attached hydrogens (tertiary/aromatic N) is 3. The van der Waals surface area contributed by atoms with Gasteiger partial charge in [-0.05, 0) is 40.4 Å². The van der Waals surface area contributed by atoms with E-state index in [2.05, 4.69) is 48.7 Å². The molecule has 0 unspecified atom stereocenters. The third-order valence-corrected chi connectivity index (χ3v) is 3.86. The molecule has 17 heavy (non-hydrogen) atoms. The molecule has 5 heteroatoms. The first-order chi connectivity index (χ1) is 7.89. The first-order valence-corrected chi connectivity index (χ1v) is 6.82. The second-order valence-corrected chi connectivity index (χ2v) is 6.29. The van der Waals surface area contributed by atoms with Crippen molar-refractivity contribution in [2.24, 2.45) is 0 Å². The molecule has 0 spiro atoms. The first kappa shape index (κ1) is 12.6. The smallest absolute Gasteiger partial charge is 0.225 e. The summed E-state index contributed by atoms with van der Waals surface area (Å²) in [6.45, 7) is 9.20. The lowest BCUT2D eigenvalue weighted by atomic mass is 9.95. The number of thiophene rings is 1. The molecule has 0 N–H and O–H groups in total. The Kier molecular flexibility index (Phi) is 3.27. The van der Waals surface area contributed by atoms with Crippen LogP contribution in [0.5, 0.6) is 0 Å². The van der Waals surface area contributed by atoms with Gasteiger partial charge in [0.05, 0.1) is 6.54 Å². The molecule has 0 saturated carbocycles. The molecule has 0 aromatic carbocycles. The molecule has 0 atom stereocenters. The Morgan fingerprint density at radius 1 is 1.29 bits per heavy atom. The van der Waals surface area contributed by atoms with Crippen LogP contribution in [-0.4, -0.2) is 14.8 Å². The lowest BCUT2D eigenvalue weighted by molar-refractivity contribution is 0.510. The fourth-order valence-corrected chi connectivity index (χ4v) is 2.72. The molecule has 0 aliphatic heterocycles. The number of hydrogen-bond acceptors (Lipinski definition) is 3. The lowest BCUT2D eigenvalue weighted by Crippen LogP contribution is -2.19. The van der Waals surface area contributed by atoms with Gasteiger partial charge in [0, 0.05) is 5.41 Å². The summed E-state index contributed by atoms with van der Waals surface area (Å²) in [6, 6.07) is 0. The summed E-state index contributed by atoms with van der Waals surface area (Å²) < 4.78 is 1.98. The number of aryl methyl sites for hydroxylation is 1. The highest BCUT2D eigenvalue weighted by Crippen LogP contribution is 2.25. The second-order valence-electron chi connectivity index (χ2n) is 5.21. The molecule has 0 amide bonds. The van der Waals surface area contributed by atoms with Gasteiger partial charge in [0.15, 0.2) is 0 Å². The normalized spacial score (nSPS) is 12.1. The molecular weight excluding hydrogens is 254 g/mol. The van der Waals surface area contributed by atoms with Crippen LogP contribution in [0.1, 0.15) is 37.7 Å². The number of hydrogen-bond donors (Lipinski definition) is 0. The molecule has 0 bridgehead atoms. The van der Waals surface area contributed by atoms with Crippen molar-refractivity contribution in [3.05, 3.63) is 33.0 Å². The molecular formula is C12H16ClN3S. The number of aromatic nitrogens is 3. The van der Waals surface area contributed by atoms with Gasteiger partial charge < -0.3 is 0 Å². The van der Waals surface area contributed by atoms with Crippen LogP contribution in [-0.2, 0) is 12.0 Å². The van der Waals surface area contributed by atoms with Gasteiger partial charge in [0.2, 0.25) is 5.28 Å². The van der Waals surface area contributed by atoms with Crippen LogP contribution in [0.25, 0.3) is 0 Å². The Balaban J connectivity index is 2.39. The van der Waals surface area contributed by atoms with Crippen molar-refractivity contribution in [2.75, 3.05) is 0 Å². The van der Waals surface area contributed by atoms with Crippen LogP contribution in [0.2, 0.25) is 5.28 Å². The van der Waals surface area contributed by atoms with Crippen molar-refractivity contribution in [1.29, 1.82) is 0 Å². The maximum absolute atomic E-state index is 6.11. The lowest BCUT2D eigenvalue weighted by Gasteiger charge is -2.18. The van der Waals surface area contributed by atoms with E-state index in [1.165, 1.54) is 11.1 Å². The minimum absolute atomic E-state index is 0.0515.